The Bertz CT molecular complexity index is 418. The van der Waals surface area contributed by atoms with Crippen LogP contribution in [0.5, 0.6) is 0 Å². The summed E-state index contributed by atoms with van der Waals surface area (Å²) in [6.07, 6.45) is 3.78. The maximum Gasteiger partial charge on any atom is 0.129 e. The molecule has 0 spiro atoms. The van der Waals surface area contributed by atoms with Crippen molar-refractivity contribution in [3.05, 3.63) is 42.0 Å². The predicted molar refractivity (Wildman–Crippen MR) is 77.2 cm³/mol. The Labute approximate surface area is 105 Å². The Balaban J connectivity index is 2.47. The molecule has 1 aromatic carbocycles. The maximum absolute atomic E-state index is 9.73. The highest BCUT2D eigenvalue weighted by molar-refractivity contribution is 6.83. The number of hydrogen-bond acceptors (Lipinski definition) is 1. The van der Waals surface area contributed by atoms with Gasteiger partial charge in [0, 0.05) is 6.42 Å². The van der Waals surface area contributed by atoms with Gasteiger partial charge in [-0.2, -0.15) is 0 Å². The quantitative estimate of drug-likeness (QED) is 0.639. The van der Waals surface area contributed by atoms with Gasteiger partial charge in [0.15, 0.2) is 0 Å². The van der Waals surface area contributed by atoms with E-state index in [1.165, 1.54) is 0 Å². The molecule has 2 heteroatoms. The van der Waals surface area contributed by atoms with Crippen LogP contribution in [-0.2, 0) is 0 Å². The third-order valence-corrected chi connectivity index (χ3v) is 3.01. The van der Waals surface area contributed by atoms with E-state index < -0.39 is 14.2 Å². The molecular weight excluding hydrogens is 224 g/mol. The molecule has 1 atom stereocenters. The molecule has 0 aromatic heterocycles. The van der Waals surface area contributed by atoms with Crippen molar-refractivity contribution in [1.82, 2.24) is 0 Å². The number of rotatable bonds is 3. The summed E-state index contributed by atoms with van der Waals surface area (Å²) in [5.41, 5.74) is 4.35. The van der Waals surface area contributed by atoms with Crippen molar-refractivity contribution in [1.29, 1.82) is 0 Å². The SMILES string of the molecule is C[Si](C)(C)C#CCC(O)/C=C/c1ccccc1. The van der Waals surface area contributed by atoms with Crippen LogP contribution < -0.4 is 0 Å². The van der Waals surface area contributed by atoms with Gasteiger partial charge >= 0.3 is 0 Å². The summed E-state index contributed by atoms with van der Waals surface area (Å²) in [6, 6.07) is 9.97. The molecule has 0 radical (unpaired) electrons. The molecule has 1 aromatic rings. The lowest BCUT2D eigenvalue weighted by Crippen LogP contribution is -2.16. The van der Waals surface area contributed by atoms with Gasteiger partial charge in [0.25, 0.3) is 0 Å². The number of aliphatic hydroxyl groups excluding tert-OH is 1. The summed E-state index contributed by atoms with van der Waals surface area (Å²) in [5.74, 6) is 3.07. The summed E-state index contributed by atoms with van der Waals surface area (Å²) in [4.78, 5) is 0. The number of hydrogen-bond donors (Lipinski definition) is 1. The van der Waals surface area contributed by atoms with Crippen molar-refractivity contribution in [3.63, 3.8) is 0 Å². The average Bonchev–Trinajstić information content (AvgIpc) is 2.26. The fourth-order valence-electron chi connectivity index (χ4n) is 1.28. The van der Waals surface area contributed by atoms with Crippen molar-refractivity contribution >= 4 is 14.1 Å². The predicted octanol–water partition coefficient (Wildman–Crippen LogP) is 3.33. The molecule has 0 saturated heterocycles. The molecule has 0 amide bonds. The molecule has 1 nitrogen and oxygen atoms in total. The van der Waals surface area contributed by atoms with Gasteiger partial charge in [-0.15, -0.1) is 11.5 Å². The first-order valence-corrected chi connectivity index (χ1v) is 9.39. The molecule has 1 unspecified atom stereocenters. The summed E-state index contributed by atoms with van der Waals surface area (Å²) in [6.45, 7) is 6.60. The summed E-state index contributed by atoms with van der Waals surface area (Å²) < 4.78 is 0. The van der Waals surface area contributed by atoms with Crippen molar-refractivity contribution in [3.8, 4) is 11.5 Å². The summed E-state index contributed by atoms with van der Waals surface area (Å²) >= 11 is 0. The Morgan fingerprint density at radius 3 is 2.47 bits per heavy atom. The Hall–Kier alpha value is -1.30. The minimum absolute atomic E-state index is 0.473. The molecule has 0 fully saturated rings. The lowest BCUT2D eigenvalue weighted by Gasteiger charge is -2.04. The normalized spacial score (nSPS) is 13.2. The van der Waals surface area contributed by atoms with Crippen LogP contribution in [0.1, 0.15) is 12.0 Å². The highest BCUT2D eigenvalue weighted by atomic mass is 28.3. The fraction of sp³-hybridized carbons (Fsp3) is 0.333. The third kappa shape index (κ3) is 6.78. The molecule has 1 N–H and O–H groups in total. The molecule has 0 aliphatic carbocycles. The Kier molecular flexibility index (Phi) is 5.21. The molecule has 0 aliphatic heterocycles. The second kappa shape index (κ2) is 6.44. The lowest BCUT2D eigenvalue weighted by atomic mass is 10.1. The van der Waals surface area contributed by atoms with E-state index in [1.807, 2.05) is 36.4 Å². The number of benzene rings is 1. The van der Waals surface area contributed by atoms with E-state index in [2.05, 4.69) is 31.1 Å². The van der Waals surface area contributed by atoms with Crippen LogP contribution in [0.3, 0.4) is 0 Å². The minimum Gasteiger partial charge on any atom is -0.388 e. The second-order valence-electron chi connectivity index (χ2n) is 5.09. The molecule has 0 saturated carbocycles. The molecular formula is C15H20OSi. The molecule has 0 bridgehead atoms. The van der Waals surface area contributed by atoms with E-state index in [4.69, 9.17) is 0 Å². The summed E-state index contributed by atoms with van der Waals surface area (Å²) in [7, 11) is -1.31. The Morgan fingerprint density at radius 1 is 1.24 bits per heavy atom. The monoisotopic (exact) mass is 244 g/mol. The fourth-order valence-corrected chi connectivity index (χ4v) is 1.91. The standard InChI is InChI=1S/C15H20OSi/c1-17(2,3)13-7-10-15(16)12-11-14-8-5-4-6-9-14/h4-6,8-9,11-12,15-16H,10H2,1-3H3/b12-11+. The van der Waals surface area contributed by atoms with Crippen LogP contribution in [0.15, 0.2) is 36.4 Å². The van der Waals surface area contributed by atoms with Gasteiger partial charge in [0.1, 0.15) is 8.07 Å². The van der Waals surface area contributed by atoms with Crippen LogP contribution in [0.25, 0.3) is 6.08 Å². The third-order valence-electron chi connectivity index (χ3n) is 2.08. The minimum atomic E-state index is -1.31. The average molecular weight is 244 g/mol. The van der Waals surface area contributed by atoms with Gasteiger partial charge in [-0.1, -0.05) is 62.1 Å². The van der Waals surface area contributed by atoms with E-state index in [-0.39, 0.29) is 0 Å². The molecule has 0 aliphatic rings. The first-order chi connectivity index (χ1) is 7.97. The van der Waals surface area contributed by atoms with Crippen molar-refractivity contribution < 1.29 is 5.11 Å². The highest BCUT2D eigenvalue weighted by Crippen LogP contribution is 2.04. The van der Waals surface area contributed by atoms with Crippen LogP contribution in [-0.4, -0.2) is 19.3 Å². The van der Waals surface area contributed by atoms with E-state index in [9.17, 15) is 5.11 Å². The van der Waals surface area contributed by atoms with Gasteiger partial charge in [-0.05, 0) is 5.56 Å². The smallest absolute Gasteiger partial charge is 0.129 e. The van der Waals surface area contributed by atoms with Crippen LogP contribution in [0, 0.1) is 11.5 Å². The molecule has 90 valence electrons. The van der Waals surface area contributed by atoms with Gasteiger partial charge < -0.3 is 5.11 Å². The zero-order chi connectivity index (χ0) is 12.7. The van der Waals surface area contributed by atoms with Crippen molar-refractivity contribution in [2.24, 2.45) is 0 Å². The largest absolute Gasteiger partial charge is 0.388 e. The van der Waals surface area contributed by atoms with Crippen molar-refractivity contribution in [2.75, 3.05) is 0 Å². The maximum atomic E-state index is 9.73. The van der Waals surface area contributed by atoms with E-state index in [0.29, 0.717) is 6.42 Å². The lowest BCUT2D eigenvalue weighted by molar-refractivity contribution is 0.230. The Morgan fingerprint density at radius 2 is 1.88 bits per heavy atom. The number of aliphatic hydroxyl groups is 1. The zero-order valence-electron chi connectivity index (χ0n) is 10.8. The van der Waals surface area contributed by atoms with Gasteiger partial charge in [-0.25, -0.2) is 0 Å². The van der Waals surface area contributed by atoms with Crippen molar-refractivity contribution in [2.45, 2.75) is 32.2 Å². The molecule has 17 heavy (non-hydrogen) atoms. The molecule has 0 heterocycles. The van der Waals surface area contributed by atoms with Gasteiger partial charge in [0.05, 0.1) is 6.10 Å². The summed E-state index contributed by atoms with van der Waals surface area (Å²) in [5, 5.41) is 9.73. The van der Waals surface area contributed by atoms with E-state index in [0.717, 1.165) is 5.56 Å². The van der Waals surface area contributed by atoms with E-state index >= 15 is 0 Å². The first kappa shape index (κ1) is 13.8. The zero-order valence-corrected chi connectivity index (χ0v) is 11.8. The van der Waals surface area contributed by atoms with E-state index in [1.54, 1.807) is 6.08 Å². The molecule has 1 rings (SSSR count). The second-order valence-corrected chi connectivity index (χ2v) is 9.84. The van der Waals surface area contributed by atoms with Crippen LogP contribution in [0.2, 0.25) is 19.6 Å². The van der Waals surface area contributed by atoms with Crippen LogP contribution in [0.4, 0.5) is 0 Å². The van der Waals surface area contributed by atoms with Crippen LogP contribution >= 0.6 is 0 Å². The topological polar surface area (TPSA) is 20.2 Å². The van der Waals surface area contributed by atoms with Gasteiger partial charge in [0.2, 0.25) is 0 Å². The highest BCUT2D eigenvalue weighted by Gasteiger charge is 2.07. The van der Waals surface area contributed by atoms with Gasteiger partial charge in [-0.3, -0.25) is 0 Å². The first-order valence-electron chi connectivity index (χ1n) is 5.89.